The molecule has 0 aliphatic rings. The van der Waals surface area contributed by atoms with E-state index in [1.807, 2.05) is 0 Å². The number of carboxylic acids is 1. The third-order valence-corrected chi connectivity index (χ3v) is 6.46. The SMILES string of the molecule is O=C(O)c1ccc(-c2ccc(F)cc2)cc1C=Cc1ccc(Sc2ccc(Cl)cc2)c([N+](=O)[O-])c1. The van der Waals surface area contributed by atoms with Crippen LogP contribution in [0.4, 0.5) is 10.1 Å². The molecule has 0 fully saturated rings. The van der Waals surface area contributed by atoms with E-state index in [9.17, 15) is 24.4 Å². The number of rotatable bonds is 7. The second-order valence-electron chi connectivity index (χ2n) is 7.49. The summed E-state index contributed by atoms with van der Waals surface area (Å²) in [4.78, 5) is 24.3. The lowest BCUT2D eigenvalue weighted by Gasteiger charge is -2.07. The molecule has 0 saturated heterocycles. The average Bonchev–Trinajstić information content (AvgIpc) is 2.85. The Morgan fingerprint density at radius 3 is 2.26 bits per heavy atom. The van der Waals surface area contributed by atoms with E-state index in [1.165, 1.54) is 36.0 Å². The van der Waals surface area contributed by atoms with Gasteiger partial charge in [-0.15, -0.1) is 0 Å². The van der Waals surface area contributed by atoms with Crippen molar-refractivity contribution in [2.45, 2.75) is 9.79 Å². The number of nitro benzene ring substituents is 1. The Morgan fingerprint density at radius 2 is 1.60 bits per heavy atom. The number of aromatic carboxylic acids is 1. The Labute approximate surface area is 209 Å². The van der Waals surface area contributed by atoms with E-state index in [0.717, 1.165) is 16.0 Å². The second-order valence-corrected chi connectivity index (χ2v) is 9.04. The molecule has 0 aromatic heterocycles. The van der Waals surface area contributed by atoms with Crippen LogP contribution in [-0.2, 0) is 0 Å². The summed E-state index contributed by atoms with van der Waals surface area (Å²) in [5.41, 5.74) is 2.43. The number of carboxylic acid groups (broad SMARTS) is 1. The lowest BCUT2D eigenvalue weighted by molar-refractivity contribution is -0.387. The number of hydrogen-bond acceptors (Lipinski definition) is 4. The minimum Gasteiger partial charge on any atom is -0.478 e. The van der Waals surface area contributed by atoms with Crippen LogP contribution < -0.4 is 0 Å². The lowest BCUT2D eigenvalue weighted by Crippen LogP contribution is -1.99. The third-order valence-electron chi connectivity index (χ3n) is 5.14. The number of halogens is 2. The van der Waals surface area contributed by atoms with Crippen molar-refractivity contribution in [1.82, 2.24) is 0 Å². The monoisotopic (exact) mass is 505 g/mol. The Kier molecular flexibility index (Phi) is 7.29. The van der Waals surface area contributed by atoms with Crippen LogP contribution in [-0.4, -0.2) is 16.0 Å². The van der Waals surface area contributed by atoms with E-state index < -0.39 is 10.9 Å². The van der Waals surface area contributed by atoms with Crippen LogP contribution in [0.3, 0.4) is 0 Å². The molecule has 0 spiro atoms. The van der Waals surface area contributed by atoms with Gasteiger partial charge in [0.05, 0.1) is 15.4 Å². The Morgan fingerprint density at radius 1 is 0.914 bits per heavy atom. The van der Waals surface area contributed by atoms with E-state index in [2.05, 4.69) is 0 Å². The molecule has 0 amide bonds. The molecule has 0 aliphatic carbocycles. The van der Waals surface area contributed by atoms with Gasteiger partial charge >= 0.3 is 5.97 Å². The Bertz CT molecular complexity index is 1440. The third kappa shape index (κ3) is 5.95. The molecule has 4 rings (SSSR count). The number of nitrogens with zero attached hydrogens (tertiary/aromatic N) is 1. The molecular formula is C27H17ClFNO4S. The zero-order valence-corrected chi connectivity index (χ0v) is 19.6. The first-order valence-corrected chi connectivity index (χ1v) is 11.5. The fraction of sp³-hybridized carbons (Fsp3) is 0. The van der Waals surface area contributed by atoms with Crippen LogP contribution in [0.25, 0.3) is 23.3 Å². The number of carbonyl (C=O) groups is 1. The van der Waals surface area contributed by atoms with Crippen molar-refractivity contribution in [3.05, 3.63) is 123 Å². The van der Waals surface area contributed by atoms with Crippen LogP contribution in [0.15, 0.2) is 94.7 Å². The fourth-order valence-corrected chi connectivity index (χ4v) is 4.43. The highest BCUT2D eigenvalue weighted by molar-refractivity contribution is 7.99. The van der Waals surface area contributed by atoms with Gasteiger partial charge in [-0.05, 0) is 76.9 Å². The van der Waals surface area contributed by atoms with Gasteiger partial charge in [0.2, 0.25) is 0 Å². The van der Waals surface area contributed by atoms with Crippen molar-refractivity contribution >= 4 is 47.2 Å². The van der Waals surface area contributed by atoms with Crippen LogP contribution in [0.5, 0.6) is 0 Å². The van der Waals surface area contributed by atoms with Gasteiger partial charge in [-0.25, -0.2) is 9.18 Å². The molecule has 0 heterocycles. The van der Waals surface area contributed by atoms with Crippen molar-refractivity contribution in [3.63, 3.8) is 0 Å². The molecule has 4 aromatic carbocycles. The summed E-state index contributed by atoms with van der Waals surface area (Å²) in [6.07, 6.45) is 3.22. The summed E-state index contributed by atoms with van der Waals surface area (Å²) in [5.74, 6) is -1.47. The van der Waals surface area contributed by atoms with Crippen molar-refractivity contribution in [1.29, 1.82) is 0 Å². The molecule has 0 aliphatic heterocycles. The molecule has 1 N–H and O–H groups in total. The molecule has 0 radical (unpaired) electrons. The average molecular weight is 506 g/mol. The summed E-state index contributed by atoms with van der Waals surface area (Å²) in [5, 5.41) is 21.9. The lowest BCUT2D eigenvalue weighted by atomic mass is 9.98. The number of nitro groups is 1. The molecule has 35 heavy (non-hydrogen) atoms. The van der Waals surface area contributed by atoms with Gasteiger partial charge in [-0.1, -0.05) is 59.8 Å². The summed E-state index contributed by atoms with van der Waals surface area (Å²) in [7, 11) is 0. The van der Waals surface area contributed by atoms with E-state index in [1.54, 1.807) is 72.8 Å². The van der Waals surface area contributed by atoms with Gasteiger partial charge in [-0.2, -0.15) is 0 Å². The standard InChI is InChI=1S/C27H17ClFNO4S/c28-21-7-11-23(12-8-21)35-26-14-2-17(15-25(26)30(33)34)1-3-20-16-19(6-13-24(20)27(31)32)18-4-9-22(29)10-5-18/h1-16H,(H,31,32). The van der Waals surface area contributed by atoms with E-state index >= 15 is 0 Å². The van der Waals surface area contributed by atoms with Crippen LogP contribution in [0.2, 0.25) is 5.02 Å². The van der Waals surface area contributed by atoms with Gasteiger partial charge in [0.1, 0.15) is 5.82 Å². The Hall–Kier alpha value is -3.94. The van der Waals surface area contributed by atoms with Crippen molar-refractivity contribution in [3.8, 4) is 11.1 Å². The molecule has 0 atom stereocenters. The van der Waals surface area contributed by atoms with Gasteiger partial charge in [0.25, 0.3) is 5.69 Å². The van der Waals surface area contributed by atoms with Crippen molar-refractivity contribution < 1.29 is 19.2 Å². The molecule has 0 saturated carbocycles. The van der Waals surface area contributed by atoms with Gasteiger partial charge in [0.15, 0.2) is 0 Å². The molecule has 0 bridgehead atoms. The summed E-state index contributed by atoms with van der Waals surface area (Å²) < 4.78 is 13.3. The normalized spacial score (nSPS) is 11.0. The fourth-order valence-electron chi connectivity index (χ4n) is 3.40. The Balaban J connectivity index is 1.66. The highest BCUT2D eigenvalue weighted by Crippen LogP contribution is 2.36. The van der Waals surface area contributed by atoms with Crippen LogP contribution >= 0.6 is 23.4 Å². The highest BCUT2D eigenvalue weighted by Gasteiger charge is 2.16. The molecule has 5 nitrogen and oxygen atoms in total. The smallest absolute Gasteiger partial charge is 0.336 e. The topological polar surface area (TPSA) is 80.4 Å². The van der Waals surface area contributed by atoms with Gasteiger partial charge in [0, 0.05) is 16.0 Å². The molecule has 174 valence electrons. The largest absolute Gasteiger partial charge is 0.478 e. The summed E-state index contributed by atoms with van der Waals surface area (Å²) >= 11 is 7.16. The summed E-state index contributed by atoms with van der Waals surface area (Å²) in [6.45, 7) is 0. The second kappa shape index (κ2) is 10.5. The maximum Gasteiger partial charge on any atom is 0.336 e. The highest BCUT2D eigenvalue weighted by atomic mass is 35.5. The van der Waals surface area contributed by atoms with E-state index in [-0.39, 0.29) is 17.1 Å². The first kappa shape index (κ1) is 24.2. The van der Waals surface area contributed by atoms with Gasteiger partial charge in [-0.3, -0.25) is 10.1 Å². The number of hydrogen-bond donors (Lipinski definition) is 1. The minimum atomic E-state index is -1.10. The number of benzene rings is 4. The first-order valence-electron chi connectivity index (χ1n) is 10.3. The van der Waals surface area contributed by atoms with E-state index in [0.29, 0.717) is 21.0 Å². The van der Waals surface area contributed by atoms with E-state index in [4.69, 9.17) is 11.6 Å². The minimum absolute atomic E-state index is 0.0642. The molecule has 8 heteroatoms. The predicted molar refractivity (Wildman–Crippen MR) is 136 cm³/mol. The zero-order valence-electron chi connectivity index (χ0n) is 18.0. The van der Waals surface area contributed by atoms with Crippen LogP contribution in [0.1, 0.15) is 21.5 Å². The maximum atomic E-state index is 13.3. The van der Waals surface area contributed by atoms with Crippen LogP contribution in [0, 0.1) is 15.9 Å². The molecular weight excluding hydrogens is 489 g/mol. The van der Waals surface area contributed by atoms with Crippen molar-refractivity contribution in [2.24, 2.45) is 0 Å². The predicted octanol–water partition coefficient (Wildman–Crippen LogP) is 8.07. The zero-order chi connectivity index (χ0) is 24.9. The van der Waals surface area contributed by atoms with Gasteiger partial charge < -0.3 is 5.11 Å². The molecule has 4 aromatic rings. The first-order chi connectivity index (χ1) is 16.8. The quantitative estimate of drug-likeness (QED) is 0.156. The summed E-state index contributed by atoms with van der Waals surface area (Å²) in [6, 6.07) is 22.5. The molecule has 0 unspecified atom stereocenters. The van der Waals surface area contributed by atoms with Crippen molar-refractivity contribution in [2.75, 3.05) is 0 Å². The maximum absolute atomic E-state index is 13.3.